The summed E-state index contributed by atoms with van der Waals surface area (Å²) in [5.41, 5.74) is 3.66. The average molecular weight is 545 g/mol. The van der Waals surface area contributed by atoms with Gasteiger partial charge in [0.15, 0.2) is 0 Å². The molecule has 0 saturated carbocycles. The van der Waals surface area contributed by atoms with Gasteiger partial charge < -0.3 is 20.5 Å². The second-order valence-electron chi connectivity index (χ2n) is 7.87. The van der Waals surface area contributed by atoms with Gasteiger partial charge >= 0.3 is 18.0 Å². The molecule has 0 fully saturated rings. The minimum Gasteiger partial charge on any atom is -0.478 e. The number of amides is 2. The standard InChI is InChI=1S/C25H19BrF2N2O5/c26-15-9-14(22(31)32)10-16(11-15)30-23(33)25(27,28)13-29-24(34)35-12-21-19-7-3-1-5-17(19)18-6-2-4-8-20(18)21/h1-11,21H,12-13H2,(H,29,34)(H,30,33)(H,31,32). The summed E-state index contributed by atoms with van der Waals surface area (Å²) in [6, 6.07) is 19.0. The van der Waals surface area contributed by atoms with Crippen molar-refractivity contribution in [3.05, 3.63) is 87.9 Å². The molecule has 0 spiro atoms. The summed E-state index contributed by atoms with van der Waals surface area (Å²) in [4.78, 5) is 35.3. The highest BCUT2D eigenvalue weighted by atomic mass is 79.9. The number of carboxylic acid groups (broad SMARTS) is 1. The van der Waals surface area contributed by atoms with Gasteiger partial charge in [0.2, 0.25) is 0 Å². The Kier molecular flexibility index (Phi) is 6.83. The third kappa shape index (κ3) is 5.32. The van der Waals surface area contributed by atoms with Crippen molar-refractivity contribution in [2.45, 2.75) is 11.8 Å². The van der Waals surface area contributed by atoms with Crippen molar-refractivity contribution in [2.75, 3.05) is 18.5 Å². The second kappa shape index (κ2) is 9.83. The number of nitrogens with one attached hydrogen (secondary N) is 2. The van der Waals surface area contributed by atoms with E-state index in [-0.39, 0.29) is 28.2 Å². The summed E-state index contributed by atoms with van der Waals surface area (Å²) in [5.74, 6) is -7.20. The molecule has 180 valence electrons. The number of carboxylic acids is 1. The van der Waals surface area contributed by atoms with Crippen molar-refractivity contribution in [3.8, 4) is 11.1 Å². The van der Waals surface area contributed by atoms with Crippen molar-refractivity contribution in [1.82, 2.24) is 5.32 Å². The fourth-order valence-electron chi connectivity index (χ4n) is 3.92. The van der Waals surface area contributed by atoms with E-state index in [2.05, 4.69) is 15.9 Å². The first-order valence-electron chi connectivity index (χ1n) is 10.5. The van der Waals surface area contributed by atoms with Crippen molar-refractivity contribution in [3.63, 3.8) is 0 Å². The van der Waals surface area contributed by atoms with Gasteiger partial charge in [-0.05, 0) is 40.5 Å². The fourth-order valence-corrected chi connectivity index (χ4v) is 4.41. The molecule has 0 saturated heterocycles. The molecule has 0 bridgehead atoms. The van der Waals surface area contributed by atoms with E-state index >= 15 is 0 Å². The molecule has 0 heterocycles. The number of carbonyl (C=O) groups is 3. The van der Waals surface area contributed by atoms with Crippen LogP contribution >= 0.6 is 15.9 Å². The number of anilines is 1. The topological polar surface area (TPSA) is 105 Å². The predicted octanol–water partition coefficient (Wildman–Crippen LogP) is 5.26. The highest BCUT2D eigenvalue weighted by molar-refractivity contribution is 9.10. The van der Waals surface area contributed by atoms with Crippen LogP contribution in [0.3, 0.4) is 0 Å². The minimum atomic E-state index is -3.97. The summed E-state index contributed by atoms with van der Waals surface area (Å²) in [5, 5.41) is 13.0. The molecule has 0 aliphatic heterocycles. The third-order valence-electron chi connectivity index (χ3n) is 5.53. The summed E-state index contributed by atoms with van der Waals surface area (Å²) in [6.45, 7) is -1.36. The molecule has 0 radical (unpaired) electrons. The molecule has 4 rings (SSSR count). The quantitative estimate of drug-likeness (QED) is 0.376. The number of hydrogen-bond donors (Lipinski definition) is 3. The van der Waals surface area contributed by atoms with Crippen LogP contribution in [0.2, 0.25) is 0 Å². The lowest BCUT2D eigenvalue weighted by atomic mass is 9.98. The highest BCUT2D eigenvalue weighted by Crippen LogP contribution is 2.44. The third-order valence-corrected chi connectivity index (χ3v) is 5.99. The maximum Gasteiger partial charge on any atom is 0.407 e. The zero-order valence-corrected chi connectivity index (χ0v) is 19.6. The van der Waals surface area contributed by atoms with Crippen LogP contribution in [0.1, 0.15) is 27.4 Å². The number of alkyl carbamates (subject to hydrolysis) is 1. The Labute approximate surface area is 207 Å². The van der Waals surface area contributed by atoms with Gasteiger partial charge in [0.25, 0.3) is 5.91 Å². The molecule has 0 unspecified atom stereocenters. The molecular formula is C25H19BrF2N2O5. The molecule has 2 amide bonds. The van der Waals surface area contributed by atoms with Gasteiger partial charge in [-0.3, -0.25) is 4.79 Å². The van der Waals surface area contributed by atoms with Crippen LogP contribution in [0.25, 0.3) is 11.1 Å². The van der Waals surface area contributed by atoms with Crippen LogP contribution in [-0.2, 0) is 9.53 Å². The normalized spacial score (nSPS) is 12.4. The van der Waals surface area contributed by atoms with E-state index in [1.807, 2.05) is 59.2 Å². The smallest absolute Gasteiger partial charge is 0.407 e. The van der Waals surface area contributed by atoms with Gasteiger partial charge in [-0.1, -0.05) is 64.5 Å². The lowest BCUT2D eigenvalue weighted by Crippen LogP contribution is -2.45. The predicted molar refractivity (Wildman–Crippen MR) is 128 cm³/mol. The van der Waals surface area contributed by atoms with Gasteiger partial charge in [-0.2, -0.15) is 8.78 Å². The maximum absolute atomic E-state index is 14.3. The molecule has 3 aromatic carbocycles. The summed E-state index contributed by atoms with van der Waals surface area (Å²) in [6.07, 6.45) is -1.09. The van der Waals surface area contributed by atoms with Crippen LogP contribution in [0.15, 0.2) is 71.2 Å². The fraction of sp³-hybridized carbons (Fsp3) is 0.160. The van der Waals surface area contributed by atoms with E-state index in [0.29, 0.717) is 0 Å². The van der Waals surface area contributed by atoms with Gasteiger partial charge in [-0.15, -0.1) is 0 Å². The van der Waals surface area contributed by atoms with Crippen LogP contribution in [0, 0.1) is 0 Å². The second-order valence-corrected chi connectivity index (χ2v) is 8.79. The molecule has 3 aromatic rings. The summed E-state index contributed by atoms with van der Waals surface area (Å²) >= 11 is 3.06. The maximum atomic E-state index is 14.3. The highest BCUT2D eigenvalue weighted by Gasteiger charge is 2.39. The molecule has 0 aromatic heterocycles. The summed E-state index contributed by atoms with van der Waals surface area (Å²) in [7, 11) is 0. The number of benzene rings is 3. The first-order valence-corrected chi connectivity index (χ1v) is 11.3. The number of carbonyl (C=O) groups excluding carboxylic acids is 2. The Morgan fingerprint density at radius 2 is 1.57 bits per heavy atom. The number of alkyl halides is 2. The lowest BCUT2D eigenvalue weighted by molar-refractivity contribution is -0.138. The van der Waals surface area contributed by atoms with Crippen LogP contribution in [0.5, 0.6) is 0 Å². The van der Waals surface area contributed by atoms with Crippen LogP contribution < -0.4 is 10.6 Å². The Morgan fingerprint density at radius 3 is 2.17 bits per heavy atom. The molecular weight excluding hydrogens is 526 g/mol. The Bertz CT molecular complexity index is 1270. The largest absolute Gasteiger partial charge is 0.478 e. The zero-order chi connectivity index (χ0) is 25.2. The van der Waals surface area contributed by atoms with E-state index in [1.165, 1.54) is 12.1 Å². The van der Waals surface area contributed by atoms with Gasteiger partial charge in [0.05, 0.1) is 12.1 Å². The van der Waals surface area contributed by atoms with E-state index in [4.69, 9.17) is 9.84 Å². The van der Waals surface area contributed by atoms with Crippen LogP contribution in [0.4, 0.5) is 19.3 Å². The first-order chi connectivity index (χ1) is 16.7. The van der Waals surface area contributed by atoms with Crippen molar-refractivity contribution in [1.29, 1.82) is 0 Å². The average Bonchev–Trinajstić information content (AvgIpc) is 3.15. The SMILES string of the molecule is O=C(NCC(F)(F)C(=O)Nc1cc(Br)cc(C(=O)O)c1)OCC1c2ccccc2-c2ccccc21. The Balaban J connectivity index is 1.35. The number of rotatable bonds is 7. The zero-order valence-electron chi connectivity index (χ0n) is 18.1. The number of fused-ring (bicyclic) bond motifs is 3. The van der Waals surface area contributed by atoms with E-state index in [0.717, 1.165) is 28.3 Å². The van der Waals surface area contributed by atoms with Gasteiger partial charge in [0, 0.05) is 16.1 Å². The Hall–Kier alpha value is -3.79. The first kappa shape index (κ1) is 24.3. The van der Waals surface area contributed by atoms with E-state index in [9.17, 15) is 23.2 Å². The van der Waals surface area contributed by atoms with Crippen molar-refractivity contribution < 1.29 is 33.0 Å². The lowest BCUT2D eigenvalue weighted by Gasteiger charge is -2.18. The molecule has 1 aliphatic rings. The molecule has 3 N–H and O–H groups in total. The molecule has 35 heavy (non-hydrogen) atoms. The van der Waals surface area contributed by atoms with Gasteiger partial charge in [0.1, 0.15) is 6.61 Å². The molecule has 0 atom stereocenters. The Morgan fingerprint density at radius 1 is 0.971 bits per heavy atom. The van der Waals surface area contributed by atoms with Gasteiger partial charge in [-0.25, -0.2) is 9.59 Å². The van der Waals surface area contributed by atoms with E-state index < -0.39 is 30.4 Å². The monoisotopic (exact) mass is 544 g/mol. The molecule has 7 nitrogen and oxygen atoms in total. The van der Waals surface area contributed by atoms with Crippen molar-refractivity contribution in [2.24, 2.45) is 0 Å². The van der Waals surface area contributed by atoms with Crippen LogP contribution in [-0.4, -0.2) is 42.2 Å². The molecule has 10 heteroatoms. The van der Waals surface area contributed by atoms with E-state index in [1.54, 1.807) is 0 Å². The number of halogens is 3. The van der Waals surface area contributed by atoms with Crippen molar-refractivity contribution >= 4 is 39.6 Å². The molecule has 1 aliphatic carbocycles. The number of hydrogen-bond acceptors (Lipinski definition) is 4. The number of aromatic carboxylic acids is 1. The number of ether oxygens (including phenoxy) is 1. The minimum absolute atomic E-state index is 0.0619. The summed E-state index contributed by atoms with van der Waals surface area (Å²) < 4.78 is 34.2.